The SMILES string of the molecule is c1cc(CN2C[C@@H](OCC3CCOCC3)[C@@H]3COC[C@@H]32)cs1. The van der Waals surface area contributed by atoms with Crippen LogP contribution in [0.2, 0.25) is 0 Å². The predicted octanol–water partition coefficient (Wildman–Crippen LogP) is 2.39. The second-order valence-corrected chi connectivity index (χ2v) is 7.54. The molecule has 5 heteroatoms. The maximum absolute atomic E-state index is 6.33. The Morgan fingerprint density at radius 2 is 2.14 bits per heavy atom. The van der Waals surface area contributed by atoms with Crippen LogP contribution in [-0.4, -0.2) is 56.6 Å². The molecule has 1 aromatic rings. The predicted molar refractivity (Wildman–Crippen MR) is 86.1 cm³/mol. The van der Waals surface area contributed by atoms with Crippen LogP contribution in [0, 0.1) is 11.8 Å². The first-order valence-corrected chi connectivity index (χ1v) is 9.36. The molecule has 4 heterocycles. The van der Waals surface area contributed by atoms with E-state index in [1.165, 1.54) is 5.56 Å². The highest BCUT2D eigenvalue weighted by molar-refractivity contribution is 7.07. The first-order valence-electron chi connectivity index (χ1n) is 8.42. The lowest BCUT2D eigenvalue weighted by molar-refractivity contribution is -0.0259. The minimum absolute atomic E-state index is 0.342. The number of hydrogen-bond acceptors (Lipinski definition) is 5. The van der Waals surface area contributed by atoms with Crippen molar-refractivity contribution in [3.05, 3.63) is 22.4 Å². The monoisotopic (exact) mass is 323 g/mol. The molecule has 3 fully saturated rings. The number of hydrogen-bond donors (Lipinski definition) is 0. The van der Waals surface area contributed by atoms with Crippen LogP contribution in [0.4, 0.5) is 0 Å². The molecule has 3 aliphatic rings. The highest BCUT2D eigenvalue weighted by Crippen LogP contribution is 2.34. The summed E-state index contributed by atoms with van der Waals surface area (Å²) >= 11 is 1.78. The molecule has 4 nitrogen and oxygen atoms in total. The van der Waals surface area contributed by atoms with Crippen molar-refractivity contribution < 1.29 is 14.2 Å². The van der Waals surface area contributed by atoms with Gasteiger partial charge in [0.25, 0.3) is 0 Å². The Morgan fingerprint density at radius 3 is 2.95 bits per heavy atom. The van der Waals surface area contributed by atoms with Crippen LogP contribution in [0.25, 0.3) is 0 Å². The van der Waals surface area contributed by atoms with Crippen molar-refractivity contribution in [1.82, 2.24) is 4.90 Å². The lowest BCUT2D eigenvalue weighted by atomic mass is 10.00. The van der Waals surface area contributed by atoms with Gasteiger partial charge in [-0.15, -0.1) is 0 Å². The fourth-order valence-electron chi connectivity index (χ4n) is 3.94. The molecule has 3 atom stereocenters. The van der Waals surface area contributed by atoms with Crippen molar-refractivity contribution in [2.24, 2.45) is 11.8 Å². The first kappa shape index (κ1) is 15.1. The van der Waals surface area contributed by atoms with Crippen LogP contribution in [0.3, 0.4) is 0 Å². The molecule has 0 N–H and O–H groups in total. The maximum Gasteiger partial charge on any atom is 0.0768 e. The van der Waals surface area contributed by atoms with E-state index in [2.05, 4.69) is 21.7 Å². The van der Waals surface area contributed by atoms with Crippen molar-refractivity contribution in [3.8, 4) is 0 Å². The van der Waals surface area contributed by atoms with Crippen LogP contribution in [-0.2, 0) is 20.8 Å². The lowest BCUT2D eigenvalue weighted by Gasteiger charge is -2.25. The normalized spacial score (nSPS) is 33.4. The van der Waals surface area contributed by atoms with E-state index in [1.54, 1.807) is 11.3 Å². The van der Waals surface area contributed by atoms with E-state index in [0.717, 1.165) is 59.0 Å². The summed E-state index contributed by atoms with van der Waals surface area (Å²) < 4.78 is 17.5. The molecule has 0 bridgehead atoms. The Kier molecular flexibility index (Phi) is 4.78. The minimum atomic E-state index is 0.342. The summed E-state index contributed by atoms with van der Waals surface area (Å²) in [5.74, 6) is 1.24. The van der Waals surface area contributed by atoms with Crippen LogP contribution in [0.15, 0.2) is 16.8 Å². The van der Waals surface area contributed by atoms with E-state index < -0.39 is 0 Å². The van der Waals surface area contributed by atoms with Gasteiger partial charge in [0.15, 0.2) is 0 Å². The summed E-state index contributed by atoms with van der Waals surface area (Å²) in [6.45, 7) is 6.51. The molecule has 0 aliphatic carbocycles. The second kappa shape index (κ2) is 6.97. The number of rotatable bonds is 5. The van der Waals surface area contributed by atoms with Crippen molar-refractivity contribution in [1.29, 1.82) is 0 Å². The molecular weight excluding hydrogens is 298 g/mol. The molecule has 0 unspecified atom stereocenters. The second-order valence-electron chi connectivity index (χ2n) is 6.76. The van der Waals surface area contributed by atoms with Gasteiger partial charge in [-0.3, -0.25) is 4.90 Å². The highest BCUT2D eigenvalue weighted by atomic mass is 32.1. The van der Waals surface area contributed by atoms with Crippen molar-refractivity contribution in [2.75, 3.05) is 39.6 Å². The molecule has 1 aromatic heterocycles. The zero-order valence-electron chi connectivity index (χ0n) is 13.0. The van der Waals surface area contributed by atoms with Gasteiger partial charge in [0, 0.05) is 38.3 Å². The number of fused-ring (bicyclic) bond motifs is 1. The third kappa shape index (κ3) is 3.24. The molecule has 0 aromatic carbocycles. The molecule has 3 aliphatic heterocycles. The van der Waals surface area contributed by atoms with Gasteiger partial charge in [-0.25, -0.2) is 0 Å². The highest BCUT2D eigenvalue weighted by Gasteiger charge is 2.46. The van der Waals surface area contributed by atoms with E-state index in [0.29, 0.717) is 24.0 Å². The van der Waals surface area contributed by atoms with Crippen molar-refractivity contribution in [3.63, 3.8) is 0 Å². The fraction of sp³-hybridized carbons (Fsp3) is 0.765. The Hall–Kier alpha value is -0.460. The smallest absolute Gasteiger partial charge is 0.0768 e. The van der Waals surface area contributed by atoms with E-state index in [4.69, 9.17) is 14.2 Å². The number of ether oxygens (including phenoxy) is 3. The Morgan fingerprint density at radius 1 is 1.23 bits per heavy atom. The van der Waals surface area contributed by atoms with E-state index >= 15 is 0 Å². The molecule has 22 heavy (non-hydrogen) atoms. The summed E-state index contributed by atoms with van der Waals surface area (Å²) in [6.07, 6.45) is 2.64. The van der Waals surface area contributed by atoms with Gasteiger partial charge in [-0.2, -0.15) is 11.3 Å². The lowest BCUT2D eigenvalue weighted by Crippen LogP contribution is -2.32. The third-order valence-electron chi connectivity index (χ3n) is 5.31. The van der Waals surface area contributed by atoms with Crippen molar-refractivity contribution >= 4 is 11.3 Å². The quantitative estimate of drug-likeness (QED) is 0.832. The summed E-state index contributed by atoms with van der Waals surface area (Å²) in [5, 5.41) is 4.41. The maximum atomic E-state index is 6.33. The molecule has 0 spiro atoms. The van der Waals surface area contributed by atoms with Gasteiger partial charge in [0.05, 0.1) is 25.9 Å². The standard InChI is InChI=1S/C17H25NO3S/c1-4-19-5-2-13(1)9-21-17-8-18(7-14-3-6-22-12-14)16-11-20-10-15(16)17/h3,6,12-13,15-17H,1-2,4-5,7-11H2/t15-,16+,17-/m1/s1. The Bertz CT molecular complexity index is 460. The van der Waals surface area contributed by atoms with E-state index in [-0.39, 0.29) is 0 Å². The molecule has 0 saturated carbocycles. The van der Waals surface area contributed by atoms with Crippen LogP contribution < -0.4 is 0 Å². The number of likely N-dealkylation sites (tertiary alicyclic amines) is 1. The zero-order chi connectivity index (χ0) is 14.8. The summed E-state index contributed by atoms with van der Waals surface area (Å²) in [5.41, 5.74) is 1.42. The largest absolute Gasteiger partial charge is 0.381 e. The number of thiophene rings is 1. The Balaban J connectivity index is 1.34. The number of nitrogens with zero attached hydrogens (tertiary/aromatic N) is 1. The van der Waals surface area contributed by atoms with Crippen LogP contribution >= 0.6 is 11.3 Å². The summed E-state index contributed by atoms with van der Waals surface area (Å²) in [6, 6.07) is 2.77. The molecule has 0 amide bonds. The zero-order valence-corrected chi connectivity index (χ0v) is 13.8. The molecule has 122 valence electrons. The first-order chi connectivity index (χ1) is 10.9. The van der Waals surface area contributed by atoms with Crippen LogP contribution in [0.1, 0.15) is 18.4 Å². The van der Waals surface area contributed by atoms with Gasteiger partial charge in [0.2, 0.25) is 0 Å². The third-order valence-corrected chi connectivity index (χ3v) is 6.04. The topological polar surface area (TPSA) is 30.9 Å². The van der Waals surface area contributed by atoms with E-state index in [9.17, 15) is 0 Å². The molecule has 4 rings (SSSR count). The summed E-state index contributed by atoms with van der Waals surface area (Å²) in [4.78, 5) is 2.56. The van der Waals surface area contributed by atoms with Gasteiger partial charge >= 0.3 is 0 Å². The van der Waals surface area contributed by atoms with Gasteiger partial charge in [0.1, 0.15) is 0 Å². The van der Waals surface area contributed by atoms with Gasteiger partial charge in [-0.05, 0) is 41.1 Å². The van der Waals surface area contributed by atoms with Gasteiger partial charge < -0.3 is 14.2 Å². The summed E-state index contributed by atoms with van der Waals surface area (Å²) in [7, 11) is 0. The average Bonchev–Trinajstić information content (AvgIpc) is 3.26. The Labute approximate surface area is 136 Å². The molecule has 3 saturated heterocycles. The van der Waals surface area contributed by atoms with E-state index in [1.807, 2.05) is 0 Å². The van der Waals surface area contributed by atoms with Crippen LogP contribution in [0.5, 0.6) is 0 Å². The minimum Gasteiger partial charge on any atom is -0.381 e. The van der Waals surface area contributed by atoms with Crippen molar-refractivity contribution in [2.45, 2.75) is 31.5 Å². The average molecular weight is 323 g/mol. The molecule has 0 radical (unpaired) electrons. The van der Waals surface area contributed by atoms with Gasteiger partial charge in [-0.1, -0.05) is 0 Å². The molecular formula is C17H25NO3S. The fourth-order valence-corrected chi connectivity index (χ4v) is 4.60.